The zero-order valence-corrected chi connectivity index (χ0v) is 31.0. The molecule has 0 saturated heterocycles. The minimum Gasteiger partial charge on any atom is -0.497 e. The van der Waals surface area contributed by atoms with Crippen molar-refractivity contribution in [2.45, 2.75) is 130 Å². The van der Waals surface area contributed by atoms with Crippen molar-refractivity contribution in [1.82, 2.24) is 0 Å². The maximum atomic E-state index is 10.0. The molecule has 0 unspecified atom stereocenters. The Labute approximate surface area is 258 Å². The van der Waals surface area contributed by atoms with Crippen LogP contribution in [-0.2, 0) is 29.7 Å². The lowest BCUT2D eigenvalue weighted by atomic mass is 10.2. The molecule has 8 nitrogen and oxygen atoms in total. The van der Waals surface area contributed by atoms with Crippen LogP contribution in [0.3, 0.4) is 0 Å². The SMILES string of the molecule is C#C[C@@H](OCc1ccc(OC)cc1)[C@H](C)O[Si](C)(C)C(C)(C)C.COC(=O)[C@H](C)O.C[C@@H](CO)O[Si](C)(C)C(C)(C)C. The summed E-state index contributed by atoms with van der Waals surface area (Å²) in [6.45, 7) is 27.9. The first-order valence-corrected chi connectivity index (χ1v) is 20.2. The summed E-state index contributed by atoms with van der Waals surface area (Å²) in [7, 11) is -0.625. The lowest BCUT2D eigenvalue weighted by Crippen LogP contribution is -2.46. The number of aliphatic hydroxyl groups excluding tert-OH is 2. The second-order valence-electron chi connectivity index (χ2n) is 13.4. The molecule has 1 aromatic rings. The molecule has 0 aliphatic rings. The molecule has 0 aliphatic carbocycles. The minimum atomic E-state index is -1.86. The van der Waals surface area contributed by atoms with Crippen LogP contribution in [0.25, 0.3) is 0 Å². The van der Waals surface area contributed by atoms with Gasteiger partial charge in [0.25, 0.3) is 0 Å². The van der Waals surface area contributed by atoms with Crippen LogP contribution in [0, 0.1) is 12.3 Å². The van der Waals surface area contributed by atoms with Gasteiger partial charge in [0.2, 0.25) is 0 Å². The van der Waals surface area contributed by atoms with Crippen LogP contribution in [-0.4, -0.2) is 78.1 Å². The van der Waals surface area contributed by atoms with E-state index < -0.39 is 28.7 Å². The molecular weight excluding hydrogens is 569 g/mol. The van der Waals surface area contributed by atoms with Crippen LogP contribution >= 0.6 is 0 Å². The van der Waals surface area contributed by atoms with Gasteiger partial charge in [0.05, 0.1) is 39.6 Å². The van der Waals surface area contributed by atoms with E-state index in [0.717, 1.165) is 11.3 Å². The molecule has 42 heavy (non-hydrogen) atoms. The number of ether oxygens (including phenoxy) is 3. The summed E-state index contributed by atoms with van der Waals surface area (Å²) in [6, 6.07) is 7.79. The van der Waals surface area contributed by atoms with Gasteiger partial charge >= 0.3 is 5.97 Å². The molecule has 0 aliphatic heterocycles. The van der Waals surface area contributed by atoms with Gasteiger partial charge in [0, 0.05) is 0 Å². The standard InChI is InChI=1S/C19H30O3Si.C9H22O2Si.C4H8O3/c1-9-18(15(2)22-23(7,8)19(3,4)5)21-14-16-10-12-17(20-6)13-11-16;1-8(7-10)11-12(5,6)9(2,3)4;1-3(5)4(6)7-2/h1,10-13,15,18H,14H2,2-8H3;8,10H,7H2,1-6H3;3,5H,1-2H3/t15-,18+;8-;3-/m000/s1. The molecule has 2 N–H and O–H groups in total. The van der Waals surface area contributed by atoms with E-state index in [0.29, 0.717) is 6.61 Å². The van der Waals surface area contributed by atoms with Crippen molar-refractivity contribution in [2.75, 3.05) is 20.8 Å². The van der Waals surface area contributed by atoms with Gasteiger partial charge in [0.15, 0.2) is 16.6 Å². The van der Waals surface area contributed by atoms with E-state index in [-0.39, 0.29) is 35.0 Å². The highest BCUT2D eigenvalue weighted by Gasteiger charge is 2.40. The van der Waals surface area contributed by atoms with Crippen molar-refractivity contribution in [3.8, 4) is 18.1 Å². The van der Waals surface area contributed by atoms with Gasteiger partial charge in [-0.3, -0.25) is 0 Å². The molecule has 0 spiro atoms. The Kier molecular flexibility index (Phi) is 19.0. The molecule has 0 fully saturated rings. The average molecular weight is 629 g/mol. The van der Waals surface area contributed by atoms with Crippen molar-refractivity contribution in [3.63, 3.8) is 0 Å². The molecule has 244 valence electrons. The molecule has 0 bridgehead atoms. The Bertz CT molecular complexity index is 926. The fourth-order valence-electron chi connectivity index (χ4n) is 2.82. The Morgan fingerprint density at radius 2 is 1.36 bits per heavy atom. The average Bonchev–Trinajstić information content (AvgIpc) is 2.87. The number of hydrogen-bond donors (Lipinski definition) is 2. The van der Waals surface area contributed by atoms with Gasteiger partial charge in [-0.05, 0) is 74.7 Å². The fraction of sp³-hybridized carbons (Fsp3) is 0.719. The topological polar surface area (TPSA) is 104 Å². The Morgan fingerprint density at radius 3 is 1.67 bits per heavy atom. The first kappa shape index (κ1) is 42.4. The van der Waals surface area contributed by atoms with Gasteiger partial charge in [-0.15, -0.1) is 6.42 Å². The first-order chi connectivity index (χ1) is 19.0. The summed E-state index contributed by atoms with van der Waals surface area (Å²) in [6.07, 6.45) is 4.15. The summed E-state index contributed by atoms with van der Waals surface area (Å²) in [5.41, 5.74) is 1.06. The predicted molar refractivity (Wildman–Crippen MR) is 177 cm³/mol. The molecule has 10 heteroatoms. The largest absolute Gasteiger partial charge is 0.497 e. The number of methoxy groups -OCH3 is 2. The number of terminal acetylenes is 1. The zero-order chi connectivity index (χ0) is 33.5. The highest BCUT2D eigenvalue weighted by Crippen LogP contribution is 2.38. The monoisotopic (exact) mass is 628 g/mol. The van der Waals surface area contributed by atoms with Gasteiger partial charge in [-0.2, -0.15) is 0 Å². The maximum Gasteiger partial charge on any atom is 0.334 e. The first-order valence-electron chi connectivity index (χ1n) is 14.4. The quantitative estimate of drug-likeness (QED) is 0.162. The van der Waals surface area contributed by atoms with Crippen LogP contribution < -0.4 is 4.74 Å². The Balaban J connectivity index is 0. The van der Waals surface area contributed by atoms with E-state index in [1.807, 2.05) is 38.1 Å². The van der Waals surface area contributed by atoms with E-state index >= 15 is 0 Å². The molecule has 1 rings (SSSR count). The number of aliphatic hydroxyl groups is 2. The van der Waals surface area contributed by atoms with Gasteiger partial charge in [-0.25, -0.2) is 4.79 Å². The third kappa shape index (κ3) is 16.2. The van der Waals surface area contributed by atoms with Crippen molar-refractivity contribution >= 4 is 22.6 Å². The fourth-order valence-corrected chi connectivity index (χ4v) is 5.66. The minimum absolute atomic E-state index is 0.0223. The van der Waals surface area contributed by atoms with Crippen LogP contribution in [0.5, 0.6) is 5.75 Å². The highest BCUT2D eigenvalue weighted by atomic mass is 28.4. The van der Waals surface area contributed by atoms with E-state index in [2.05, 4.69) is 78.4 Å². The molecule has 0 aromatic heterocycles. The van der Waals surface area contributed by atoms with E-state index in [1.165, 1.54) is 14.0 Å². The second kappa shape index (κ2) is 18.8. The zero-order valence-electron chi connectivity index (χ0n) is 29.0. The van der Waals surface area contributed by atoms with Crippen LogP contribution in [0.15, 0.2) is 24.3 Å². The summed E-state index contributed by atoms with van der Waals surface area (Å²) in [5, 5.41) is 17.6. The lowest BCUT2D eigenvalue weighted by Gasteiger charge is -2.39. The van der Waals surface area contributed by atoms with Crippen molar-refractivity contribution in [3.05, 3.63) is 29.8 Å². The molecule has 0 saturated carbocycles. The number of carbonyl (C=O) groups excluding carboxylic acids is 1. The van der Waals surface area contributed by atoms with Gasteiger partial charge in [-0.1, -0.05) is 59.6 Å². The number of benzene rings is 1. The smallest absolute Gasteiger partial charge is 0.334 e. The summed E-state index contributed by atoms with van der Waals surface area (Å²) >= 11 is 0. The molecule has 0 amide bonds. The van der Waals surface area contributed by atoms with E-state index in [4.69, 9.17) is 35.0 Å². The Hall–Kier alpha value is -1.72. The van der Waals surface area contributed by atoms with E-state index in [1.54, 1.807) is 7.11 Å². The van der Waals surface area contributed by atoms with Crippen LogP contribution in [0.1, 0.15) is 67.9 Å². The van der Waals surface area contributed by atoms with Crippen LogP contribution in [0.4, 0.5) is 0 Å². The maximum absolute atomic E-state index is 10.0. The number of esters is 1. The van der Waals surface area contributed by atoms with Crippen molar-refractivity contribution in [2.24, 2.45) is 0 Å². The molecule has 0 radical (unpaired) electrons. The third-order valence-corrected chi connectivity index (χ3v) is 16.7. The van der Waals surface area contributed by atoms with Gasteiger partial charge in [0.1, 0.15) is 18.0 Å². The van der Waals surface area contributed by atoms with Crippen LogP contribution in [0.2, 0.25) is 36.3 Å². The predicted octanol–water partition coefficient (Wildman–Crippen LogP) is 6.55. The third-order valence-electron chi connectivity index (χ3n) is 7.57. The highest BCUT2D eigenvalue weighted by molar-refractivity contribution is 6.74. The molecular formula is C32H60O8Si2. The number of rotatable bonds is 11. The second-order valence-corrected chi connectivity index (χ2v) is 22.9. The summed E-state index contributed by atoms with van der Waals surface area (Å²) in [5.74, 6) is 2.95. The Morgan fingerprint density at radius 1 is 0.905 bits per heavy atom. The number of hydrogen-bond acceptors (Lipinski definition) is 8. The van der Waals surface area contributed by atoms with Crippen molar-refractivity contribution < 1.29 is 38.1 Å². The summed E-state index contributed by atoms with van der Waals surface area (Å²) < 4.78 is 27.3. The normalized spacial score (nSPS) is 15.0. The molecule has 0 heterocycles. The summed E-state index contributed by atoms with van der Waals surface area (Å²) in [4.78, 5) is 10.0. The number of carbonyl (C=O) groups is 1. The molecule has 4 atom stereocenters. The lowest BCUT2D eigenvalue weighted by molar-refractivity contribution is -0.149. The van der Waals surface area contributed by atoms with Gasteiger partial charge < -0.3 is 33.3 Å². The van der Waals surface area contributed by atoms with Crippen molar-refractivity contribution in [1.29, 1.82) is 0 Å². The van der Waals surface area contributed by atoms with E-state index in [9.17, 15) is 4.79 Å². The molecule has 1 aromatic carbocycles.